The predicted octanol–water partition coefficient (Wildman–Crippen LogP) is 2.49. The van der Waals surface area contributed by atoms with Gasteiger partial charge in [-0.3, -0.25) is 4.99 Å². The first-order valence-electron chi connectivity index (χ1n) is 9.40. The molecule has 2 atom stereocenters. The maximum absolute atomic E-state index is 12.0. The van der Waals surface area contributed by atoms with Crippen LogP contribution in [0.3, 0.4) is 0 Å². The summed E-state index contributed by atoms with van der Waals surface area (Å²) >= 11 is 0. The largest absolute Gasteiger partial charge is 0.444 e. The third kappa shape index (κ3) is 16.2. The van der Waals surface area contributed by atoms with E-state index in [-0.39, 0.29) is 47.8 Å². The highest BCUT2D eigenvalue weighted by Gasteiger charge is 2.20. The number of hydrogen-bond donors (Lipinski definition) is 2. The van der Waals surface area contributed by atoms with Crippen molar-refractivity contribution in [2.45, 2.75) is 59.6 Å². The van der Waals surface area contributed by atoms with Crippen molar-refractivity contribution >= 4 is 45.9 Å². The number of halogens is 1. The Bertz CT molecular complexity index is 591. The minimum atomic E-state index is -2.98. The lowest BCUT2D eigenvalue weighted by molar-refractivity contribution is 0.0279. The van der Waals surface area contributed by atoms with Crippen molar-refractivity contribution in [2.75, 3.05) is 38.7 Å². The number of hydrogen-bond acceptors (Lipinski definition) is 5. The van der Waals surface area contributed by atoms with Crippen LogP contribution in [0.25, 0.3) is 0 Å². The molecule has 2 unspecified atom stereocenters. The number of nitrogens with one attached hydrogen (secondary N) is 2. The second-order valence-corrected chi connectivity index (χ2v) is 10.4. The Balaban J connectivity index is 0. The quantitative estimate of drug-likeness (QED) is 0.268. The van der Waals surface area contributed by atoms with Gasteiger partial charge in [-0.15, -0.1) is 24.0 Å². The first kappa shape index (κ1) is 29.4. The second kappa shape index (κ2) is 13.4. The fraction of sp³-hybridized carbons (Fsp3) is 0.889. The molecular formula is C18H39IN4O4S. The van der Waals surface area contributed by atoms with E-state index in [0.29, 0.717) is 32.0 Å². The lowest BCUT2D eigenvalue weighted by atomic mass is 10.2. The molecule has 0 aliphatic rings. The summed E-state index contributed by atoms with van der Waals surface area (Å²) in [5, 5.41) is 6.38. The van der Waals surface area contributed by atoms with Crippen LogP contribution in [0.1, 0.15) is 48.0 Å². The van der Waals surface area contributed by atoms with Gasteiger partial charge >= 0.3 is 6.09 Å². The highest BCUT2D eigenvalue weighted by molar-refractivity contribution is 14.0. The number of carbonyl (C=O) groups excluding carboxylic acids is 1. The van der Waals surface area contributed by atoms with E-state index >= 15 is 0 Å². The summed E-state index contributed by atoms with van der Waals surface area (Å²) in [6.45, 7) is 13.2. The number of sulfone groups is 1. The molecule has 1 amide bonds. The molecule has 0 bridgehead atoms. The van der Waals surface area contributed by atoms with Crippen LogP contribution in [0.2, 0.25) is 0 Å². The van der Waals surface area contributed by atoms with Crippen LogP contribution in [0.4, 0.5) is 4.79 Å². The minimum Gasteiger partial charge on any atom is -0.444 e. The summed E-state index contributed by atoms with van der Waals surface area (Å²) in [6.07, 6.45) is 1.40. The molecule has 8 nitrogen and oxygen atoms in total. The van der Waals surface area contributed by atoms with E-state index in [0.717, 1.165) is 0 Å². The van der Waals surface area contributed by atoms with Crippen LogP contribution in [0.15, 0.2) is 4.99 Å². The van der Waals surface area contributed by atoms with E-state index in [4.69, 9.17) is 4.74 Å². The van der Waals surface area contributed by atoms with Crippen LogP contribution in [0.5, 0.6) is 0 Å². The number of amides is 1. The summed E-state index contributed by atoms with van der Waals surface area (Å²) in [5.41, 5.74) is -0.517. The zero-order chi connectivity index (χ0) is 21.3. The van der Waals surface area contributed by atoms with Crippen molar-refractivity contribution in [1.82, 2.24) is 15.5 Å². The van der Waals surface area contributed by atoms with Crippen LogP contribution in [-0.4, -0.2) is 75.7 Å². The van der Waals surface area contributed by atoms with Crippen molar-refractivity contribution in [1.29, 1.82) is 0 Å². The summed E-state index contributed by atoms with van der Waals surface area (Å²) in [6, 6.07) is -0.0164. The van der Waals surface area contributed by atoms with E-state index < -0.39 is 15.4 Å². The number of rotatable bonds is 9. The van der Waals surface area contributed by atoms with Crippen molar-refractivity contribution in [3.63, 3.8) is 0 Å². The second-order valence-electron chi connectivity index (χ2n) is 8.15. The van der Waals surface area contributed by atoms with Crippen LogP contribution in [0, 0.1) is 5.92 Å². The molecule has 168 valence electrons. The van der Waals surface area contributed by atoms with Gasteiger partial charge in [-0.05, 0) is 47.0 Å². The minimum absolute atomic E-state index is 0. The number of aliphatic imine (C=N–C) groups is 1. The Morgan fingerprint density at radius 3 is 2.29 bits per heavy atom. The molecule has 0 saturated carbocycles. The molecule has 0 fully saturated rings. The Morgan fingerprint density at radius 1 is 1.25 bits per heavy atom. The standard InChI is InChI=1S/C18H38N4O4S.HI/c1-9-19-16(21-15(3)10-11-27(8,24)25)20-12-14(2)13-22(7)17(23)26-18(4,5)6;/h14-15H,9-13H2,1-8H3,(H2,19,20,21);1H. The van der Waals surface area contributed by atoms with E-state index in [1.807, 2.05) is 41.5 Å². The van der Waals surface area contributed by atoms with Gasteiger partial charge in [0.1, 0.15) is 15.4 Å². The van der Waals surface area contributed by atoms with Gasteiger partial charge in [-0.25, -0.2) is 13.2 Å². The molecule has 2 N–H and O–H groups in total. The molecule has 0 aromatic rings. The van der Waals surface area contributed by atoms with Gasteiger partial charge in [0, 0.05) is 39.0 Å². The van der Waals surface area contributed by atoms with Crippen molar-refractivity contribution in [2.24, 2.45) is 10.9 Å². The lowest BCUT2D eigenvalue weighted by Gasteiger charge is -2.26. The molecule has 28 heavy (non-hydrogen) atoms. The molecule has 0 radical (unpaired) electrons. The molecule has 0 aromatic heterocycles. The number of carbonyl (C=O) groups is 1. The first-order valence-corrected chi connectivity index (χ1v) is 11.5. The average molecular weight is 535 g/mol. The van der Waals surface area contributed by atoms with E-state index in [1.165, 1.54) is 6.26 Å². The summed E-state index contributed by atoms with van der Waals surface area (Å²) in [7, 11) is -1.26. The van der Waals surface area contributed by atoms with Crippen LogP contribution >= 0.6 is 24.0 Å². The SMILES string of the molecule is CCNC(=NCC(C)CN(C)C(=O)OC(C)(C)C)NC(C)CCS(C)(=O)=O.I. The van der Waals surface area contributed by atoms with Gasteiger partial charge < -0.3 is 20.3 Å². The molecule has 10 heteroatoms. The number of nitrogens with zero attached hydrogens (tertiary/aromatic N) is 2. The summed E-state index contributed by atoms with van der Waals surface area (Å²) < 4.78 is 27.9. The van der Waals surface area contributed by atoms with Gasteiger partial charge in [0.2, 0.25) is 0 Å². The van der Waals surface area contributed by atoms with Crippen molar-refractivity contribution < 1.29 is 17.9 Å². The molecule has 0 aliphatic carbocycles. The normalized spacial score (nSPS) is 14.5. The summed E-state index contributed by atoms with van der Waals surface area (Å²) in [5.74, 6) is 0.923. The molecular weight excluding hydrogens is 495 g/mol. The Morgan fingerprint density at radius 2 is 1.82 bits per heavy atom. The van der Waals surface area contributed by atoms with Crippen molar-refractivity contribution in [3.05, 3.63) is 0 Å². The highest BCUT2D eigenvalue weighted by atomic mass is 127. The Kier molecular flexibility index (Phi) is 14.1. The van der Waals surface area contributed by atoms with Gasteiger partial charge in [0.05, 0.1) is 5.75 Å². The van der Waals surface area contributed by atoms with E-state index in [9.17, 15) is 13.2 Å². The van der Waals surface area contributed by atoms with E-state index in [1.54, 1.807) is 11.9 Å². The number of ether oxygens (including phenoxy) is 1. The fourth-order valence-electron chi connectivity index (χ4n) is 2.20. The van der Waals surface area contributed by atoms with Gasteiger partial charge in [0.25, 0.3) is 0 Å². The average Bonchev–Trinajstić information content (AvgIpc) is 2.48. The highest BCUT2D eigenvalue weighted by Crippen LogP contribution is 2.10. The maximum atomic E-state index is 12.0. The van der Waals surface area contributed by atoms with Crippen molar-refractivity contribution in [3.8, 4) is 0 Å². The van der Waals surface area contributed by atoms with Gasteiger partial charge in [0.15, 0.2) is 5.96 Å². The van der Waals surface area contributed by atoms with Crippen LogP contribution < -0.4 is 10.6 Å². The Labute approximate surface area is 188 Å². The zero-order valence-electron chi connectivity index (χ0n) is 18.5. The molecule has 0 spiro atoms. The Hall–Kier alpha value is -0.780. The number of guanidine groups is 1. The summed E-state index contributed by atoms with van der Waals surface area (Å²) in [4.78, 5) is 18.1. The third-order valence-electron chi connectivity index (χ3n) is 3.50. The molecule has 0 saturated heterocycles. The molecule has 0 aromatic carbocycles. The topological polar surface area (TPSA) is 100 Å². The molecule has 0 rings (SSSR count). The van der Waals surface area contributed by atoms with Gasteiger partial charge in [-0.2, -0.15) is 0 Å². The van der Waals surface area contributed by atoms with Crippen LogP contribution in [-0.2, 0) is 14.6 Å². The third-order valence-corrected chi connectivity index (χ3v) is 4.48. The molecule has 0 aliphatic heterocycles. The maximum Gasteiger partial charge on any atom is 0.410 e. The lowest BCUT2D eigenvalue weighted by Crippen LogP contribution is -2.43. The zero-order valence-corrected chi connectivity index (χ0v) is 21.7. The first-order chi connectivity index (χ1) is 12.2. The predicted molar refractivity (Wildman–Crippen MR) is 126 cm³/mol. The van der Waals surface area contributed by atoms with E-state index in [2.05, 4.69) is 15.6 Å². The smallest absolute Gasteiger partial charge is 0.410 e. The molecule has 0 heterocycles. The van der Waals surface area contributed by atoms with Gasteiger partial charge in [-0.1, -0.05) is 6.92 Å². The monoisotopic (exact) mass is 534 g/mol. The fourth-order valence-corrected chi connectivity index (χ4v) is 2.98.